The van der Waals surface area contributed by atoms with E-state index in [9.17, 15) is 9.90 Å². The van der Waals surface area contributed by atoms with Gasteiger partial charge >= 0.3 is 18.3 Å². The Hall–Kier alpha value is -6.01. The zero-order valence-electron chi connectivity index (χ0n) is 34.8. The number of benzene rings is 2. The number of aliphatic hydroxyl groups excluding tert-OH is 1. The normalized spacial score (nSPS) is 16.6. The summed E-state index contributed by atoms with van der Waals surface area (Å²) in [5.41, 5.74) is -2.83. The summed E-state index contributed by atoms with van der Waals surface area (Å²) in [7, 11) is -2.94. The van der Waals surface area contributed by atoms with E-state index in [-0.39, 0.29) is 57.8 Å². The number of hydrogen-bond donors (Lipinski definition) is 2. The van der Waals surface area contributed by atoms with Gasteiger partial charge in [-0.3, -0.25) is 0 Å². The Morgan fingerprint density at radius 2 is 1.10 bits per heavy atom. The second kappa shape index (κ2) is 16.7. The fraction of sp³-hybridized carbons (Fsp3) is 0.261. The number of aliphatic imine (C=N–C) groups is 3. The predicted octanol–water partition coefficient (Wildman–Crippen LogP) is 10.2. The number of aliphatic hydroxyl groups is 1. The molecule has 3 aromatic rings. The average Bonchev–Trinajstić information content (AvgIpc) is 4.01. The topological polar surface area (TPSA) is 109 Å². The summed E-state index contributed by atoms with van der Waals surface area (Å²) in [6.07, 6.45) is -2.22. The van der Waals surface area contributed by atoms with Crippen LogP contribution in [-0.2, 0) is 9.47 Å². The quantitative estimate of drug-likeness (QED) is 0.127. The molecule has 0 fully saturated rings. The fourth-order valence-electron chi connectivity index (χ4n) is 6.96. The first kappa shape index (κ1) is 44.1. The first-order valence-electron chi connectivity index (χ1n) is 19.9. The summed E-state index contributed by atoms with van der Waals surface area (Å²) in [5, 5.41) is 11.4. The van der Waals surface area contributed by atoms with Gasteiger partial charge in [-0.25, -0.2) is 19.8 Å². The Bertz CT molecular complexity index is 2730. The maximum Gasteiger partial charge on any atom is 0.420 e. The number of carbonyl (C=O) groups is 1. The maximum atomic E-state index is 15.1. The highest BCUT2D eigenvalue weighted by Gasteiger charge is 2.42. The summed E-state index contributed by atoms with van der Waals surface area (Å²) >= 11 is 0. The third kappa shape index (κ3) is 9.86. The molecule has 62 heavy (non-hydrogen) atoms. The Kier molecular flexibility index (Phi) is 11.9. The summed E-state index contributed by atoms with van der Waals surface area (Å²) in [5.74, 6) is -0.870. The van der Waals surface area contributed by atoms with Crippen LogP contribution in [0.1, 0.15) is 27.3 Å². The Labute approximate surface area is 356 Å². The van der Waals surface area contributed by atoms with Crippen molar-refractivity contribution in [3.63, 3.8) is 0 Å². The van der Waals surface area contributed by atoms with Gasteiger partial charge in [0.15, 0.2) is 0 Å². The molecular weight excluding hydrogens is 843 g/mol. The molecule has 4 aliphatic rings. The second-order valence-electron chi connectivity index (χ2n) is 17.5. The number of fused-ring (bicyclic) bond motifs is 5. The van der Waals surface area contributed by atoms with E-state index in [1.165, 1.54) is 72.9 Å². The smallest absolute Gasteiger partial charge is 0.420 e. The Balaban J connectivity index is 1.41. The molecule has 5 heterocycles. The molecule has 322 valence electrons. The molecule has 0 saturated heterocycles. The molecule has 2 N–H and O–H groups in total. The highest BCUT2D eigenvalue weighted by atomic mass is 28.3. The number of H-pyrrole nitrogens is 1. The van der Waals surface area contributed by atoms with Crippen LogP contribution in [0.4, 0.5) is 26.3 Å². The van der Waals surface area contributed by atoms with Gasteiger partial charge in [0.25, 0.3) is 5.95 Å². The van der Waals surface area contributed by atoms with Gasteiger partial charge in [0.1, 0.15) is 11.1 Å². The van der Waals surface area contributed by atoms with Crippen LogP contribution in [0, 0.1) is 0 Å². The highest BCUT2D eigenvalue weighted by Crippen LogP contribution is 2.41. The van der Waals surface area contributed by atoms with Crippen LogP contribution in [0.2, 0.25) is 51.4 Å². The molecule has 0 aliphatic carbocycles. The van der Waals surface area contributed by atoms with E-state index in [1.54, 1.807) is 24.3 Å². The molecular formula is C46H44F6N4O4Si2. The van der Waals surface area contributed by atoms with Crippen LogP contribution in [0.15, 0.2) is 135 Å². The number of esters is 1. The molecule has 4 aliphatic heterocycles. The molecule has 1 aromatic heterocycles. The Morgan fingerprint density at radius 1 is 0.597 bits per heavy atom. The van der Waals surface area contributed by atoms with Crippen molar-refractivity contribution in [1.82, 2.24) is 4.98 Å². The zero-order valence-corrected chi connectivity index (χ0v) is 36.8. The average molecular weight is 887 g/mol. The van der Waals surface area contributed by atoms with Gasteiger partial charge in [-0.2, -0.15) is 26.3 Å². The van der Waals surface area contributed by atoms with Crippen molar-refractivity contribution in [1.29, 1.82) is 0 Å². The van der Waals surface area contributed by atoms with Crippen molar-refractivity contribution in [3.05, 3.63) is 153 Å². The molecule has 7 rings (SSSR count). The minimum absolute atomic E-state index is 0.00307. The number of nitrogens with one attached hydrogen (secondary N) is 1. The molecule has 0 spiro atoms. The molecule has 0 unspecified atom stereocenters. The first-order valence-corrected chi connectivity index (χ1v) is 27.3. The summed E-state index contributed by atoms with van der Waals surface area (Å²) < 4.78 is 102. The lowest BCUT2D eigenvalue weighted by molar-refractivity contribution is -0.0866. The number of carbonyl (C=O) groups excluding carboxylic acids is 1. The van der Waals surface area contributed by atoms with Crippen LogP contribution in [0.3, 0.4) is 0 Å². The van der Waals surface area contributed by atoms with Crippen LogP contribution >= 0.6 is 0 Å². The van der Waals surface area contributed by atoms with Crippen molar-refractivity contribution < 1.29 is 45.7 Å². The van der Waals surface area contributed by atoms with Crippen LogP contribution in [0.25, 0.3) is 22.7 Å². The van der Waals surface area contributed by atoms with Gasteiger partial charge in [-0.15, -0.1) is 0 Å². The van der Waals surface area contributed by atoms with Crippen molar-refractivity contribution in [3.8, 4) is 0 Å². The highest BCUT2D eigenvalue weighted by molar-refractivity contribution is 6.76. The largest absolute Gasteiger partial charge is 0.481 e. The fourth-order valence-corrected chi connectivity index (χ4v) is 8.39. The third-order valence-corrected chi connectivity index (χ3v) is 13.7. The van der Waals surface area contributed by atoms with E-state index >= 15 is 26.3 Å². The van der Waals surface area contributed by atoms with Crippen LogP contribution in [-0.4, -0.2) is 74.9 Å². The van der Waals surface area contributed by atoms with Gasteiger partial charge < -0.3 is 19.6 Å². The predicted molar refractivity (Wildman–Crippen MR) is 237 cm³/mol. The van der Waals surface area contributed by atoms with Gasteiger partial charge in [-0.1, -0.05) is 63.5 Å². The SMILES string of the molecule is C[Si](C)(C)CCOC(=O)c1ccc(C2=C3C=CC(=N3)C(C(F)(F)F)=C3C=CC(=N3)C(=c3ccc(=C(O)OCC[Si](C)(C)C)cc3)c3ccc([nH]3)C(C(F)(F)F)=C3C=CC2=N3)cc1. The number of alkyl halides is 6. The molecule has 0 amide bonds. The van der Waals surface area contributed by atoms with Gasteiger partial charge in [0, 0.05) is 33.0 Å². The lowest BCUT2D eigenvalue weighted by Crippen LogP contribution is -2.22. The van der Waals surface area contributed by atoms with Gasteiger partial charge in [-0.05, 0) is 95.7 Å². The van der Waals surface area contributed by atoms with E-state index in [0.29, 0.717) is 22.6 Å². The Morgan fingerprint density at radius 3 is 1.68 bits per heavy atom. The molecule has 8 bridgehead atoms. The molecule has 0 atom stereocenters. The monoisotopic (exact) mass is 886 g/mol. The standard InChI is InChI=1S/C46H44F6N4O4Si2/c1-61(2,3)25-23-59-43(57)29-11-7-27(8-12-29)39-31-15-19-35(53-31)41(45(47,48)49)37-21-17-33(55-37)40(28-9-13-30(14-10-28)44(58)60-24-26-62(4,5)6)34-18-22-38(56-34)42(46(50,51)52)36-20-16-32(39)54-36/h7-22,53,57H,23-26H2,1-6H3. The molecule has 2 aromatic carbocycles. The zero-order chi connectivity index (χ0) is 44.8. The lowest BCUT2D eigenvalue weighted by Gasteiger charge is -2.15. The number of hydrogen-bond acceptors (Lipinski definition) is 7. The minimum atomic E-state index is -4.94. The van der Waals surface area contributed by atoms with E-state index < -0.39 is 62.7 Å². The van der Waals surface area contributed by atoms with Gasteiger partial charge in [0.05, 0.1) is 63.9 Å². The molecule has 16 heteroatoms. The van der Waals surface area contributed by atoms with Crippen molar-refractivity contribution in [2.45, 2.75) is 63.7 Å². The first-order chi connectivity index (χ1) is 29.1. The van der Waals surface area contributed by atoms with Crippen LogP contribution < -0.4 is 10.4 Å². The van der Waals surface area contributed by atoms with Crippen molar-refractivity contribution in [2.24, 2.45) is 15.0 Å². The summed E-state index contributed by atoms with van der Waals surface area (Å²) in [6, 6.07) is 16.5. The third-order valence-electron chi connectivity index (χ3n) is 10.3. The van der Waals surface area contributed by atoms with E-state index in [4.69, 9.17) is 9.47 Å². The van der Waals surface area contributed by atoms with E-state index in [0.717, 1.165) is 12.1 Å². The number of rotatable bonds is 9. The van der Waals surface area contributed by atoms with E-state index in [2.05, 4.69) is 59.2 Å². The molecule has 0 saturated carbocycles. The second-order valence-corrected chi connectivity index (χ2v) is 28.7. The lowest BCUT2D eigenvalue weighted by atomic mass is 9.97. The number of aromatic amines is 1. The number of nitrogens with zero attached hydrogens (tertiary/aromatic N) is 3. The van der Waals surface area contributed by atoms with E-state index in [1.807, 2.05) is 0 Å². The minimum Gasteiger partial charge on any atom is -0.481 e. The molecule has 0 radical (unpaired) electrons. The maximum absolute atomic E-state index is 15.1. The van der Waals surface area contributed by atoms with Crippen molar-refractivity contribution >= 4 is 61.9 Å². The molecule has 8 nitrogen and oxygen atoms in total. The summed E-state index contributed by atoms with van der Waals surface area (Å²) in [6.45, 7) is 13.5. The van der Waals surface area contributed by atoms with Gasteiger partial charge in [0.2, 0.25) is 0 Å². The number of aromatic nitrogens is 1. The number of allylic oxidation sites excluding steroid dienone is 9. The number of ether oxygens (including phenoxy) is 2. The summed E-state index contributed by atoms with van der Waals surface area (Å²) in [4.78, 5) is 29.0. The van der Waals surface area contributed by atoms with Crippen molar-refractivity contribution in [2.75, 3.05) is 13.2 Å². The van der Waals surface area contributed by atoms with Crippen LogP contribution in [0.5, 0.6) is 0 Å². The number of halogens is 6.